The second kappa shape index (κ2) is 7.95. The van der Waals surface area contributed by atoms with Gasteiger partial charge in [-0.15, -0.1) is 0 Å². The van der Waals surface area contributed by atoms with Crippen molar-refractivity contribution in [1.82, 2.24) is 0 Å². The number of carbonyl (C=O) groups excluding carboxylic acids is 1. The molecular formula is C13H24O5. The van der Waals surface area contributed by atoms with Crippen molar-refractivity contribution in [1.29, 1.82) is 0 Å². The lowest BCUT2D eigenvalue weighted by molar-refractivity contribution is -0.159. The molecule has 106 valence electrons. The number of carbonyl (C=O) groups is 2. The number of hydrogen-bond donors (Lipinski definition) is 1. The summed E-state index contributed by atoms with van der Waals surface area (Å²) in [4.78, 5) is 22.9. The lowest BCUT2D eigenvalue weighted by atomic mass is 9.75. The first-order valence-corrected chi connectivity index (χ1v) is 6.55. The van der Waals surface area contributed by atoms with Crippen LogP contribution in [0.3, 0.4) is 0 Å². The van der Waals surface area contributed by atoms with E-state index < -0.39 is 23.6 Å². The fraction of sp³-hybridized carbons (Fsp3) is 0.846. The minimum Gasteiger partial charge on any atom is -0.481 e. The maximum absolute atomic E-state index is 11.5. The molecule has 0 aromatic rings. The molecule has 0 amide bonds. The Bertz CT molecular complexity index is 271. The fourth-order valence-corrected chi connectivity index (χ4v) is 2.12. The van der Waals surface area contributed by atoms with Crippen LogP contribution in [-0.2, 0) is 14.3 Å². The lowest BCUT2D eigenvalue weighted by Crippen LogP contribution is -2.44. The number of carboxylic acids is 1. The summed E-state index contributed by atoms with van der Waals surface area (Å²) in [6, 6.07) is 0. The number of aliphatic carboxylic acids is 1. The second-order valence-electron chi connectivity index (χ2n) is 4.25. The first-order valence-electron chi connectivity index (χ1n) is 6.55. The molecule has 0 aromatic heterocycles. The van der Waals surface area contributed by atoms with E-state index in [1.54, 1.807) is 20.8 Å². The molecule has 0 heterocycles. The third-order valence-corrected chi connectivity index (χ3v) is 3.36. The summed E-state index contributed by atoms with van der Waals surface area (Å²) >= 11 is 0. The Kier molecular flexibility index (Phi) is 7.39. The smallest absolute Gasteiger partial charge is 0.481 e. The first-order chi connectivity index (χ1) is 8.48. The Morgan fingerprint density at radius 1 is 1.17 bits per heavy atom. The molecule has 18 heavy (non-hydrogen) atoms. The number of rotatable bonds is 8. The van der Waals surface area contributed by atoms with Gasteiger partial charge >= 0.3 is 12.1 Å². The van der Waals surface area contributed by atoms with Crippen molar-refractivity contribution < 1.29 is 24.2 Å². The van der Waals surface area contributed by atoms with Gasteiger partial charge in [0.05, 0.1) is 6.61 Å². The summed E-state index contributed by atoms with van der Waals surface area (Å²) in [5.41, 5.74) is -1.03. The highest BCUT2D eigenvalue weighted by Crippen LogP contribution is 2.35. The monoisotopic (exact) mass is 260 g/mol. The summed E-state index contributed by atoms with van der Waals surface area (Å²) < 4.78 is 9.93. The van der Waals surface area contributed by atoms with Crippen molar-refractivity contribution in [3.63, 3.8) is 0 Å². The second-order valence-corrected chi connectivity index (χ2v) is 4.25. The van der Waals surface area contributed by atoms with Crippen molar-refractivity contribution in [2.45, 2.75) is 59.5 Å². The van der Waals surface area contributed by atoms with Crippen LogP contribution < -0.4 is 0 Å². The van der Waals surface area contributed by atoms with Gasteiger partial charge in [0.2, 0.25) is 0 Å². The topological polar surface area (TPSA) is 72.8 Å². The molecule has 0 bridgehead atoms. The maximum Gasteiger partial charge on any atom is 0.508 e. The predicted octanol–water partition coefficient (Wildman–Crippen LogP) is 3.22. The van der Waals surface area contributed by atoms with Gasteiger partial charge < -0.3 is 14.6 Å². The van der Waals surface area contributed by atoms with E-state index in [-0.39, 0.29) is 6.61 Å². The van der Waals surface area contributed by atoms with Gasteiger partial charge in [-0.05, 0) is 26.2 Å². The summed E-state index contributed by atoms with van der Waals surface area (Å²) in [5.74, 6) is -0.921. The summed E-state index contributed by atoms with van der Waals surface area (Å²) in [7, 11) is 0. The molecule has 0 aliphatic rings. The minimum atomic E-state index is -1.03. The molecular weight excluding hydrogens is 236 g/mol. The van der Waals surface area contributed by atoms with Gasteiger partial charge in [0.25, 0.3) is 0 Å². The van der Waals surface area contributed by atoms with Gasteiger partial charge in [0.15, 0.2) is 0 Å². The van der Waals surface area contributed by atoms with E-state index in [9.17, 15) is 14.7 Å². The Morgan fingerprint density at radius 3 is 2.06 bits per heavy atom. The van der Waals surface area contributed by atoms with Crippen LogP contribution in [0.1, 0.15) is 53.4 Å². The highest BCUT2D eigenvalue weighted by atomic mass is 16.7. The van der Waals surface area contributed by atoms with Crippen LogP contribution >= 0.6 is 0 Å². The Labute approximate surface area is 108 Å². The molecule has 0 aliphatic carbocycles. The van der Waals surface area contributed by atoms with Gasteiger partial charge in [0, 0.05) is 0 Å². The summed E-state index contributed by atoms with van der Waals surface area (Å²) in [5, 5.41) is 9.43. The van der Waals surface area contributed by atoms with Gasteiger partial charge in [-0.1, -0.05) is 27.2 Å². The largest absolute Gasteiger partial charge is 0.508 e. The predicted molar refractivity (Wildman–Crippen MR) is 67.5 cm³/mol. The maximum atomic E-state index is 11.5. The molecule has 1 atom stereocenters. The Morgan fingerprint density at radius 2 is 1.72 bits per heavy atom. The van der Waals surface area contributed by atoms with Crippen LogP contribution in [0.25, 0.3) is 0 Å². The number of ether oxygens (including phenoxy) is 2. The van der Waals surface area contributed by atoms with Crippen LogP contribution in [0.15, 0.2) is 0 Å². The first kappa shape index (κ1) is 16.7. The van der Waals surface area contributed by atoms with Gasteiger partial charge in [-0.25, -0.2) is 4.79 Å². The van der Waals surface area contributed by atoms with E-state index in [1.807, 2.05) is 6.92 Å². The molecule has 5 heteroatoms. The molecule has 1 N–H and O–H groups in total. The molecule has 0 aliphatic heterocycles. The molecule has 0 saturated heterocycles. The zero-order chi connectivity index (χ0) is 14.2. The van der Waals surface area contributed by atoms with Crippen LogP contribution in [0, 0.1) is 5.41 Å². The quantitative estimate of drug-likeness (QED) is 0.678. The van der Waals surface area contributed by atoms with E-state index in [0.29, 0.717) is 19.3 Å². The van der Waals surface area contributed by atoms with E-state index in [1.165, 1.54) is 0 Å². The molecule has 0 spiro atoms. The highest BCUT2D eigenvalue weighted by Gasteiger charge is 2.45. The van der Waals surface area contributed by atoms with Crippen molar-refractivity contribution in [3.8, 4) is 0 Å². The zero-order valence-electron chi connectivity index (χ0n) is 11.7. The van der Waals surface area contributed by atoms with Crippen LogP contribution in [0.4, 0.5) is 4.79 Å². The van der Waals surface area contributed by atoms with E-state index >= 15 is 0 Å². The molecule has 0 aromatic carbocycles. The molecule has 0 saturated carbocycles. The fourth-order valence-electron chi connectivity index (χ4n) is 2.12. The van der Waals surface area contributed by atoms with E-state index in [0.717, 1.165) is 6.42 Å². The third-order valence-electron chi connectivity index (χ3n) is 3.36. The summed E-state index contributed by atoms with van der Waals surface area (Å²) in [6.07, 6.45) is 0.676. The van der Waals surface area contributed by atoms with E-state index in [2.05, 4.69) is 0 Å². The standard InChI is InChI=1S/C13H24O5/c1-5-9-10(18-12(16)17-8-4)13(6-2,7-3)11(14)15/h10H,5-9H2,1-4H3,(H,14,15). The van der Waals surface area contributed by atoms with Crippen LogP contribution in [0.5, 0.6) is 0 Å². The third kappa shape index (κ3) is 3.89. The normalized spacial score (nSPS) is 12.9. The molecule has 0 radical (unpaired) electrons. The SMILES string of the molecule is CCCC(OC(=O)OCC)C(CC)(CC)C(=O)O. The van der Waals surface area contributed by atoms with Crippen molar-refractivity contribution in [2.75, 3.05) is 6.61 Å². The number of carboxylic acid groups (broad SMARTS) is 1. The van der Waals surface area contributed by atoms with Gasteiger partial charge in [-0.3, -0.25) is 4.79 Å². The van der Waals surface area contributed by atoms with Gasteiger partial charge in [-0.2, -0.15) is 0 Å². The average Bonchev–Trinajstić information content (AvgIpc) is 2.31. The molecule has 5 nitrogen and oxygen atoms in total. The minimum absolute atomic E-state index is 0.218. The Balaban J connectivity index is 5.03. The van der Waals surface area contributed by atoms with E-state index in [4.69, 9.17) is 9.47 Å². The van der Waals surface area contributed by atoms with Crippen LogP contribution in [-0.4, -0.2) is 29.9 Å². The highest BCUT2D eigenvalue weighted by molar-refractivity contribution is 5.76. The molecule has 1 unspecified atom stereocenters. The van der Waals surface area contributed by atoms with Gasteiger partial charge in [0.1, 0.15) is 11.5 Å². The lowest BCUT2D eigenvalue weighted by Gasteiger charge is -2.34. The Hall–Kier alpha value is -1.26. The molecule has 0 rings (SSSR count). The zero-order valence-corrected chi connectivity index (χ0v) is 11.7. The van der Waals surface area contributed by atoms with Crippen molar-refractivity contribution >= 4 is 12.1 Å². The summed E-state index contributed by atoms with van der Waals surface area (Å²) in [6.45, 7) is 7.43. The number of hydrogen-bond acceptors (Lipinski definition) is 4. The van der Waals surface area contributed by atoms with Crippen LogP contribution in [0.2, 0.25) is 0 Å². The molecule has 0 fully saturated rings. The average molecular weight is 260 g/mol. The van der Waals surface area contributed by atoms with Crippen molar-refractivity contribution in [3.05, 3.63) is 0 Å². The van der Waals surface area contributed by atoms with Crippen molar-refractivity contribution in [2.24, 2.45) is 5.41 Å².